The first-order chi connectivity index (χ1) is 12.6. The number of hydrogen-bond donors (Lipinski definition) is 0. The molecule has 132 valence electrons. The zero-order valence-corrected chi connectivity index (χ0v) is 15.7. The van der Waals surface area contributed by atoms with Crippen LogP contribution in [0.15, 0.2) is 77.3 Å². The molecule has 0 aliphatic carbocycles. The van der Waals surface area contributed by atoms with Crippen molar-refractivity contribution in [3.8, 4) is 5.75 Å². The largest absolute Gasteiger partial charge is 0.497 e. The monoisotopic (exact) mass is 413 g/mol. The molecule has 0 fully saturated rings. The summed E-state index contributed by atoms with van der Waals surface area (Å²) in [6, 6.07) is 20.6. The summed E-state index contributed by atoms with van der Waals surface area (Å²) >= 11 is 3.38. The molecule has 0 radical (unpaired) electrons. The van der Waals surface area contributed by atoms with E-state index >= 15 is 0 Å². The number of halogens is 2. The Hall–Kier alpha value is -2.66. The maximum atomic E-state index is 13.2. The molecule has 0 bridgehead atoms. The molecule has 3 rings (SSSR count). The van der Waals surface area contributed by atoms with Gasteiger partial charge in [-0.1, -0.05) is 28.1 Å². The molecule has 0 heterocycles. The van der Waals surface area contributed by atoms with Crippen molar-refractivity contribution < 1.29 is 13.9 Å². The molecule has 1 amide bonds. The predicted octanol–water partition coefficient (Wildman–Crippen LogP) is 5.44. The predicted molar refractivity (Wildman–Crippen MR) is 104 cm³/mol. The van der Waals surface area contributed by atoms with Crippen molar-refractivity contribution >= 4 is 27.5 Å². The van der Waals surface area contributed by atoms with Crippen molar-refractivity contribution in [3.05, 3.63) is 94.2 Å². The Kier molecular flexibility index (Phi) is 5.68. The van der Waals surface area contributed by atoms with Gasteiger partial charge in [0.1, 0.15) is 11.6 Å². The van der Waals surface area contributed by atoms with Crippen LogP contribution in [0.4, 0.5) is 10.1 Å². The molecule has 5 heteroatoms. The minimum Gasteiger partial charge on any atom is -0.497 e. The summed E-state index contributed by atoms with van der Waals surface area (Å²) in [6.45, 7) is 0.335. The maximum Gasteiger partial charge on any atom is 0.258 e. The van der Waals surface area contributed by atoms with Gasteiger partial charge < -0.3 is 9.64 Å². The van der Waals surface area contributed by atoms with Crippen molar-refractivity contribution in [1.82, 2.24) is 0 Å². The number of benzene rings is 3. The molecule has 0 aliphatic rings. The van der Waals surface area contributed by atoms with E-state index in [2.05, 4.69) is 15.9 Å². The summed E-state index contributed by atoms with van der Waals surface area (Å²) in [4.78, 5) is 14.8. The third-order valence-electron chi connectivity index (χ3n) is 3.97. The van der Waals surface area contributed by atoms with Gasteiger partial charge in [0.15, 0.2) is 0 Å². The van der Waals surface area contributed by atoms with E-state index in [0.29, 0.717) is 17.9 Å². The third-order valence-corrected chi connectivity index (χ3v) is 4.50. The smallest absolute Gasteiger partial charge is 0.258 e. The number of nitrogens with zero attached hydrogens (tertiary/aromatic N) is 1. The van der Waals surface area contributed by atoms with Gasteiger partial charge in [-0.25, -0.2) is 4.39 Å². The number of carbonyl (C=O) groups is 1. The fraction of sp³-hybridized carbons (Fsp3) is 0.0952. The van der Waals surface area contributed by atoms with E-state index in [4.69, 9.17) is 4.74 Å². The molecule has 0 spiro atoms. The van der Waals surface area contributed by atoms with E-state index in [1.54, 1.807) is 36.3 Å². The normalized spacial score (nSPS) is 10.4. The van der Waals surface area contributed by atoms with Gasteiger partial charge >= 0.3 is 0 Å². The van der Waals surface area contributed by atoms with Crippen LogP contribution >= 0.6 is 15.9 Å². The zero-order chi connectivity index (χ0) is 18.5. The van der Waals surface area contributed by atoms with E-state index in [-0.39, 0.29) is 11.7 Å². The molecule has 0 N–H and O–H groups in total. The average Bonchev–Trinajstić information content (AvgIpc) is 2.68. The van der Waals surface area contributed by atoms with E-state index in [1.807, 2.05) is 36.4 Å². The number of hydrogen-bond acceptors (Lipinski definition) is 2. The van der Waals surface area contributed by atoms with Gasteiger partial charge in [-0.05, 0) is 66.2 Å². The average molecular weight is 414 g/mol. The second-order valence-corrected chi connectivity index (χ2v) is 6.64. The van der Waals surface area contributed by atoms with Crippen LogP contribution in [0.2, 0.25) is 0 Å². The number of carbonyl (C=O) groups excluding carboxylic acids is 1. The Balaban J connectivity index is 1.95. The van der Waals surface area contributed by atoms with Gasteiger partial charge in [0.05, 0.1) is 13.7 Å². The van der Waals surface area contributed by atoms with Crippen molar-refractivity contribution in [2.45, 2.75) is 6.54 Å². The van der Waals surface area contributed by atoms with Crippen LogP contribution in [0.5, 0.6) is 5.75 Å². The molecule has 0 saturated carbocycles. The fourth-order valence-corrected chi connectivity index (χ4v) is 2.83. The van der Waals surface area contributed by atoms with Crippen molar-refractivity contribution in [2.75, 3.05) is 12.0 Å². The van der Waals surface area contributed by atoms with Crippen LogP contribution in [-0.2, 0) is 6.54 Å². The van der Waals surface area contributed by atoms with Crippen LogP contribution in [0.1, 0.15) is 15.9 Å². The Morgan fingerprint density at radius 3 is 2.15 bits per heavy atom. The topological polar surface area (TPSA) is 29.5 Å². The van der Waals surface area contributed by atoms with Crippen molar-refractivity contribution in [1.29, 1.82) is 0 Å². The van der Waals surface area contributed by atoms with Gasteiger partial charge in [0, 0.05) is 15.7 Å². The van der Waals surface area contributed by atoms with Crippen LogP contribution in [0, 0.1) is 5.82 Å². The summed E-state index contributed by atoms with van der Waals surface area (Å²) in [5.41, 5.74) is 2.15. The number of anilines is 1. The first-order valence-corrected chi connectivity index (χ1v) is 8.82. The standard InChI is InChI=1S/C21H17BrFNO2/c1-26-20-12-10-19(11-13-20)24(14-15-2-8-18(23)9-3-15)21(25)16-4-6-17(22)7-5-16/h2-13H,14H2,1H3. The summed E-state index contributed by atoms with van der Waals surface area (Å²) in [7, 11) is 1.60. The molecule has 0 atom stereocenters. The molecule has 26 heavy (non-hydrogen) atoms. The fourth-order valence-electron chi connectivity index (χ4n) is 2.56. The minimum absolute atomic E-state index is 0.132. The van der Waals surface area contributed by atoms with Gasteiger partial charge in [-0.15, -0.1) is 0 Å². The lowest BCUT2D eigenvalue weighted by atomic mass is 10.1. The molecule has 3 aromatic carbocycles. The summed E-state index contributed by atoms with van der Waals surface area (Å²) in [6.07, 6.45) is 0. The molecule has 3 aromatic rings. The highest BCUT2D eigenvalue weighted by molar-refractivity contribution is 9.10. The van der Waals surface area contributed by atoms with Crippen LogP contribution < -0.4 is 9.64 Å². The van der Waals surface area contributed by atoms with E-state index in [1.165, 1.54) is 12.1 Å². The summed E-state index contributed by atoms with van der Waals surface area (Å²) in [5, 5.41) is 0. The van der Waals surface area contributed by atoms with Crippen LogP contribution in [-0.4, -0.2) is 13.0 Å². The Labute approximate surface area is 160 Å². The van der Waals surface area contributed by atoms with E-state index < -0.39 is 0 Å². The highest BCUT2D eigenvalue weighted by atomic mass is 79.9. The number of methoxy groups -OCH3 is 1. The molecule has 0 unspecified atom stereocenters. The molecule has 0 aliphatic heterocycles. The van der Waals surface area contributed by atoms with Gasteiger partial charge in [0.2, 0.25) is 0 Å². The Morgan fingerprint density at radius 1 is 0.962 bits per heavy atom. The first-order valence-electron chi connectivity index (χ1n) is 8.03. The van der Waals surface area contributed by atoms with Crippen LogP contribution in [0.25, 0.3) is 0 Å². The quantitative estimate of drug-likeness (QED) is 0.556. The lowest BCUT2D eigenvalue weighted by Crippen LogP contribution is -2.30. The minimum atomic E-state index is -0.302. The third kappa shape index (κ3) is 4.29. The number of amides is 1. The van der Waals surface area contributed by atoms with Crippen LogP contribution in [0.3, 0.4) is 0 Å². The summed E-state index contributed by atoms with van der Waals surface area (Å²) in [5.74, 6) is 0.280. The van der Waals surface area contributed by atoms with E-state index in [9.17, 15) is 9.18 Å². The number of ether oxygens (including phenoxy) is 1. The molecule has 3 nitrogen and oxygen atoms in total. The second-order valence-electron chi connectivity index (χ2n) is 5.72. The maximum absolute atomic E-state index is 13.2. The van der Waals surface area contributed by atoms with Crippen molar-refractivity contribution in [2.24, 2.45) is 0 Å². The molecule has 0 saturated heterocycles. The highest BCUT2D eigenvalue weighted by Crippen LogP contribution is 2.24. The SMILES string of the molecule is COc1ccc(N(Cc2ccc(F)cc2)C(=O)c2ccc(Br)cc2)cc1. The van der Waals surface area contributed by atoms with Gasteiger partial charge in [-0.2, -0.15) is 0 Å². The molecule has 0 aromatic heterocycles. The number of rotatable bonds is 5. The van der Waals surface area contributed by atoms with Gasteiger partial charge in [-0.3, -0.25) is 4.79 Å². The highest BCUT2D eigenvalue weighted by Gasteiger charge is 2.18. The second kappa shape index (κ2) is 8.15. The van der Waals surface area contributed by atoms with Crippen molar-refractivity contribution in [3.63, 3.8) is 0 Å². The first kappa shape index (κ1) is 18.1. The zero-order valence-electron chi connectivity index (χ0n) is 14.2. The van der Waals surface area contributed by atoms with E-state index in [0.717, 1.165) is 15.7 Å². The summed E-state index contributed by atoms with van der Waals surface area (Å²) < 4.78 is 19.3. The Morgan fingerprint density at radius 2 is 1.58 bits per heavy atom. The van der Waals surface area contributed by atoms with Gasteiger partial charge in [0.25, 0.3) is 5.91 Å². The molecular formula is C21H17BrFNO2. The Bertz CT molecular complexity index is 877. The lowest BCUT2D eigenvalue weighted by molar-refractivity contribution is 0.0985. The lowest BCUT2D eigenvalue weighted by Gasteiger charge is -2.23. The molecular weight excluding hydrogens is 397 g/mol.